The lowest BCUT2D eigenvalue weighted by Crippen LogP contribution is -2.04. The number of hydrogen-bond acceptors (Lipinski definition) is 3. The lowest BCUT2D eigenvalue weighted by Gasteiger charge is -2.07. The molecule has 0 unspecified atom stereocenters. The Morgan fingerprint density at radius 3 is 2.85 bits per heavy atom. The summed E-state index contributed by atoms with van der Waals surface area (Å²) < 4.78 is 7.28. The van der Waals surface area contributed by atoms with Crippen LogP contribution in [0.3, 0.4) is 0 Å². The van der Waals surface area contributed by atoms with Crippen LogP contribution in [0.1, 0.15) is 28.7 Å². The monoisotopic (exact) mass is 294 g/mol. The van der Waals surface area contributed by atoms with Gasteiger partial charge in [0.15, 0.2) is 0 Å². The first-order valence-electron chi connectivity index (χ1n) is 6.19. The van der Waals surface area contributed by atoms with Crippen LogP contribution in [-0.2, 0) is 20.1 Å². The summed E-state index contributed by atoms with van der Waals surface area (Å²) in [7, 11) is 1.80. The molecule has 6 heteroatoms. The van der Waals surface area contributed by atoms with E-state index in [1.807, 2.05) is 6.92 Å². The highest BCUT2D eigenvalue weighted by molar-refractivity contribution is 6.31. The molecule has 20 heavy (non-hydrogen) atoms. The fourth-order valence-corrected chi connectivity index (χ4v) is 2.20. The van der Waals surface area contributed by atoms with E-state index in [1.54, 1.807) is 23.9 Å². The van der Waals surface area contributed by atoms with E-state index >= 15 is 0 Å². The van der Waals surface area contributed by atoms with Crippen LogP contribution in [0.25, 0.3) is 0 Å². The van der Waals surface area contributed by atoms with Crippen molar-refractivity contribution in [3.63, 3.8) is 0 Å². The van der Waals surface area contributed by atoms with Crippen LogP contribution in [0, 0.1) is 0 Å². The summed E-state index contributed by atoms with van der Waals surface area (Å²) in [5.41, 5.74) is 1.78. The predicted molar refractivity (Wildman–Crippen MR) is 75.3 cm³/mol. The van der Waals surface area contributed by atoms with Gasteiger partial charge in [-0.25, -0.2) is 4.79 Å². The topological polar surface area (TPSA) is 64.4 Å². The first kappa shape index (κ1) is 14.4. The van der Waals surface area contributed by atoms with Crippen molar-refractivity contribution in [1.29, 1.82) is 0 Å². The molecule has 2 aromatic rings. The molecule has 0 bridgehead atoms. The second-order valence-electron chi connectivity index (χ2n) is 4.31. The van der Waals surface area contributed by atoms with Gasteiger partial charge in [-0.15, -0.1) is 0 Å². The number of carboxylic acids is 1. The number of aromatic nitrogens is 2. The molecule has 1 aromatic carbocycles. The molecular weight excluding hydrogens is 280 g/mol. The molecule has 0 fully saturated rings. The molecule has 0 aliphatic rings. The number of aromatic carboxylic acids is 1. The number of carboxylic acid groups (broad SMARTS) is 1. The van der Waals surface area contributed by atoms with Crippen molar-refractivity contribution in [3.05, 3.63) is 46.2 Å². The van der Waals surface area contributed by atoms with Gasteiger partial charge in [0.05, 0.1) is 22.0 Å². The number of benzene rings is 1. The minimum Gasteiger partial charge on any atom is -0.487 e. The molecule has 106 valence electrons. The van der Waals surface area contributed by atoms with E-state index < -0.39 is 5.97 Å². The summed E-state index contributed by atoms with van der Waals surface area (Å²) >= 11 is 6.22. The van der Waals surface area contributed by atoms with E-state index in [9.17, 15) is 4.79 Å². The summed E-state index contributed by atoms with van der Waals surface area (Å²) in [4.78, 5) is 10.9. The highest BCUT2D eigenvalue weighted by Crippen LogP contribution is 2.23. The molecule has 0 atom stereocenters. The zero-order chi connectivity index (χ0) is 14.7. The number of ether oxygens (including phenoxy) is 1. The fourth-order valence-electron chi connectivity index (χ4n) is 1.85. The molecule has 0 spiro atoms. The SMILES string of the molecule is CCc1nn(C)c(COc2cccc(C(=O)O)c2)c1Cl. The van der Waals surface area contributed by atoms with Crippen molar-refractivity contribution in [2.75, 3.05) is 0 Å². The van der Waals surface area contributed by atoms with E-state index in [4.69, 9.17) is 21.4 Å². The average Bonchev–Trinajstić information content (AvgIpc) is 2.71. The van der Waals surface area contributed by atoms with E-state index in [-0.39, 0.29) is 12.2 Å². The molecular formula is C14H15ClN2O3. The minimum absolute atomic E-state index is 0.188. The number of carbonyl (C=O) groups is 1. The number of aryl methyl sites for hydroxylation is 2. The van der Waals surface area contributed by atoms with E-state index in [1.165, 1.54) is 12.1 Å². The lowest BCUT2D eigenvalue weighted by atomic mass is 10.2. The van der Waals surface area contributed by atoms with Crippen LogP contribution in [0.15, 0.2) is 24.3 Å². The molecule has 5 nitrogen and oxygen atoms in total. The normalized spacial score (nSPS) is 10.6. The molecule has 1 N–H and O–H groups in total. The number of rotatable bonds is 5. The van der Waals surface area contributed by atoms with Crippen LogP contribution < -0.4 is 4.74 Å². The van der Waals surface area contributed by atoms with Gasteiger partial charge in [0.1, 0.15) is 12.4 Å². The number of hydrogen-bond donors (Lipinski definition) is 1. The van der Waals surface area contributed by atoms with Crippen LogP contribution in [-0.4, -0.2) is 20.9 Å². The van der Waals surface area contributed by atoms with Gasteiger partial charge in [0.2, 0.25) is 0 Å². The smallest absolute Gasteiger partial charge is 0.335 e. The largest absolute Gasteiger partial charge is 0.487 e. The molecule has 0 aliphatic carbocycles. The van der Waals surface area contributed by atoms with Gasteiger partial charge in [0, 0.05) is 7.05 Å². The standard InChI is InChI=1S/C14H15ClN2O3/c1-3-11-13(15)12(17(2)16-11)8-20-10-6-4-5-9(7-10)14(18)19/h4-7H,3,8H2,1-2H3,(H,18,19). The Balaban J connectivity index is 2.15. The van der Waals surface area contributed by atoms with Crippen LogP contribution >= 0.6 is 11.6 Å². The number of nitrogens with zero attached hydrogens (tertiary/aromatic N) is 2. The molecule has 0 saturated carbocycles. The third kappa shape index (κ3) is 2.93. The Kier molecular flexibility index (Phi) is 4.29. The van der Waals surface area contributed by atoms with Gasteiger partial charge >= 0.3 is 5.97 Å². The second kappa shape index (κ2) is 5.96. The molecule has 2 rings (SSSR count). The minimum atomic E-state index is -0.984. The molecule has 1 aromatic heterocycles. The van der Waals surface area contributed by atoms with Crippen LogP contribution in [0.2, 0.25) is 5.02 Å². The maximum absolute atomic E-state index is 10.9. The molecule has 0 aliphatic heterocycles. The third-order valence-corrected chi connectivity index (χ3v) is 3.40. The Morgan fingerprint density at radius 2 is 2.25 bits per heavy atom. The van der Waals surface area contributed by atoms with Crippen molar-refractivity contribution >= 4 is 17.6 Å². The Hall–Kier alpha value is -2.01. The van der Waals surface area contributed by atoms with Crippen LogP contribution in [0.4, 0.5) is 0 Å². The average molecular weight is 295 g/mol. The quantitative estimate of drug-likeness (QED) is 0.921. The summed E-state index contributed by atoms with van der Waals surface area (Å²) in [6.45, 7) is 2.22. The van der Waals surface area contributed by atoms with Gasteiger partial charge in [0.25, 0.3) is 0 Å². The van der Waals surface area contributed by atoms with Gasteiger partial charge < -0.3 is 9.84 Å². The zero-order valence-electron chi connectivity index (χ0n) is 11.3. The van der Waals surface area contributed by atoms with Gasteiger partial charge in [-0.3, -0.25) is 4.68 Å². The second-order valence-corrected chi connectivity index (χ2v) is 4.68. The van der Waals surface area contributed by atoms with Gasteiger partial charge in [-0.05, 0) is 24.6 Å². The Bertz CT molecular complexity index is 637. The maximum Gasteiger partial charge on any atom is 0.335 e. The molecule has 0 saturated heterocycles. The zero-order valence-corrected chi connectivity index (χ0v) is 12.0. The molecule has 1 heterocycles. The van der Waals surface area contributed by atoms with Gasteiger partial charge in [-0.2, -0.15) is 5.10 Å². The van der Waals surface area contributed by atoms with Crippen molar-refractivity contribution < 1.29 is 14.6 Å². The third-order valence-electron chi connectivity index (χ3n) is 2.96. The Morgan fingerprint density at radius 1 is 1.50 bits per heavy atom. The first-order chi connectivity index (χ1) is 9.52. The van der Waals surface area contributed by atoms with Crippen molar-refractivity contribution in [3.8, 4) is 5.75 Å². The van der Waals surface area contributed by atoms with Crippen molar-refractivity contribution in [2.24, 2.45) is 7.05 Å². The highest BCUT2D eigenvalue weighted by atomic mass is 35.5. The number of halogens is 1. The molecule has 0 radical (unpaired) electrons. The van der Waals surface area contributed by atoms with Crippen molar-refractivity contribution in [1.82, 2.24) is 9.78 Å². The lowest BCUT2D eigenvalue weighted by molar-refractivity contribution is 0.0696. The van der Waals surface area contributed by atoms with E-state index in [0.29, 0.717) is 10.8 Å². The predicted octanol–water partition coefficient (Wildman–Crippen LogP) is 2.91. The summed E-state index contributed by atoms with van der Waals surface area (Å²) in [6.07, 6.45) is 0.751. The molecule has 0 amide bonds. The summed E-state index contributed by atoms with van der Waals surface area (Å²) in [5.74, 6) is -0.498. The Labute approximate surface area is 121 Å². The van der Waals surface area contributed by atoms with E-state index in [0.717, 1.165) is 17.8 Å². The summed E-state index contributed by atoms with van der Waals surface area (Å²) in [5, 5.41) is 13.8. The maximum atomic E-state index is 10.9. The van der Waals surface area contributed by atoms with Crippen LogP contribution in [0.5, 0.6) is 5.75 Å². The van der Waals surface area contributed by atoms with Crippen molar-refractivity contribution in [2.45, 2.75) is 20.0 Å². The first-order valence-corrected chi connectivity index (χ1v) is 6.57. The summed E-state index contributed by atoms with van der Waals surface area (Å²) in [6, 6.07) is 6.34. The van der Waals surface area contributed by atoms with E-state index in [2.05, 4.69) is 5.10 Å². The van der Waals surface area contributed by atoms with Gasteiger partial charge in [-0.1, -0.05) is 24.6 Å². The highest BCUT2D eigenvalue weighted by Gasteiger charge is 2.13. The fraction of sp³-hybridized carbons (Fsp3) is 0.286.